The molecule has 0 amide bonds. The van der Waals surface area contributed by atoms with E-state index in [2.05, 4.69) is 18.8 Å². The van der Waals surface area contributed by atoms with Crippen molar-refractivity contribution in [2.75, 3.05) is 0 Å². The first-order valence-corrected chi connectivity index (χ1v) is 3.51. The highest BCUT2D eigenvalue weighted by Gasteiger charge is 1.94. The van der Waals surface area contributed by atoms with Crippen molar-refractivity contribution >= 4 is 0 Å². The van der Waals surface area contributed by atoms with Gasteiger partial charge < -0.3 is 0 Å². The van der Waals surface area contributed by atoms with Crippen molar-refractivity contribution in [1.82, 2.24) is 4.98 Å². The van der Waals surface area contributed by atoms with Crippen molar-refractivity contribution < 1.29 is 0 Å². The van der Waals surface area contributed by atoms with Gasteiger partial charge in [-0.05, 0) is 30.0 Å². The van der Waals surface area contributed by atoms with Gasteiger partial charge in [0.1, 0.15) is 0 Å². The molecule has 0 aliphatic rings. The highest BCUT2D eigenvalue weighted by molar-refractivity contribution is 5.10. The molecule has 53 valence electrons. The molecular formula is C9H12N. The van der Waals surface area contributed by atoms with E-state index in [0.717, 1.165) is 6.42 Å². The Labute approximate surface area is 62.1 Å². The Balaban J connectivity index is 2.59. The molecule has 0 saturated heterocycles. The Kier molecular flexibility index (Phi) is 2.43. The summed E-state index contributed by atoms with van der Waals surface area (Å²) < 4.78 is 0. The molecule has 0 spiro atoms. The molecular weight excluding hydrogens is 122 g/mol. The van der Waals surface area contributed by atoms with E-state index in [4.69, 9.17) is 0 Å². The molecule has 10 heavy (non-hydrogen) atoms. The fourth-order valence-corrected chi connectivity index (χ4v) is 0.921. The van der Waals surface area contributed by atoms with Gasteiger partial charge in [0.2, 0.25) is 0 Å². The van der Waals surface area contributed by atoms with Crippen LogP contribution in [0.5, 0.6) is 0 Å². The maximum absolute atomic E-state index is 3.93. The molecule has 0 fully saturated rings. The lowest BCUT2D eigenvalue weighted by molar-refractivity contribution is 0.718. The number of hydrogen-bond acceptors (Lipinski definition) is 1. The third-order valence-electron chi connectivity index (χ3n) is 1.33. The standard InChI is InChI=1S/C9H12N/c1-8(2)7-9-3-5-10-6-4-9/h3-6,8H,1,7H2,2H3. The van der Waals surface area contributed by atoms with Gasteiger partial charge in [0.25, 0.3) is 0 Å². The summed E-state index contributed by atoms with van der Waals surface area (Å²) in [6.07, 6.45) is 4.68. The van der Waals surface area contributed by atoms with E-state index < -0.39 is 0 Å². The van der Waals surface area contributed by atoms with Gasteiger partial charge in [-0.25, -0.2) is 0 Å². The molecule has 1 rings (SSSR count). The van der Waals surface area contributed by atoms with Crippen LogP contribution in [0.25, 0.3) is 0 Å². The fourth-order valence-electron chi connectivity index (χ4n) is 0.921. The molecule has 1 radical (unpaired) electrons. The number of rotatable bonds is 2. The van der Waals surface area contributed by atoms with Crippen molar-refractivity contribution in [3.63, 3.8) is 0 Å². The molecule has 0 aliphatic carbocycles. The van der Waals surface area contributed by atoms with Gasteiger partial charge in [-0.3, -0.25) is 4.98 Å². The second-order valence-electron chi connectivity index (χ2n) is 2.66. The van der Waals surface area contributed by atoms with Crippen LogP contribution in [0.4, 0.5) is 0 Å². The molecule has 1 atom stereocenters. The van der Waals surface area contributed by atoms with Gasteiger partial charge >= 0.3 is 0 Å². The maximum atomic E-state index is 3.93. The zero-order valence-electron chi connectivity index (χ0n) is 6.25. The Hall–Kier alpha value is -0.850. The van der Waals surface area contributed by atoms with Gasteiger partial charge in [0.05, 0.1) is 0 Å². The third-order valence-corrected chi connectivity index (χ3v) is 1.33. The van der Waals surface area contributed by atoms with E-state index in [-0.39, 0.29) is 0 Å². The first-order chi connectivity index (χ1) is 4.79. The van der Waals surface area contributed by atoms with Crippen molar-refractivity contribution in [1.29, 1.82) is 0 Å². The van der Waals surface area contributed by atoms with Crippen LogP contribution in [-0.2, 0) is 6.42 Å². The molecule has 1 heterocycles. The first kappa shape index (κ1) is 7.26. The zero-order chi connectivity index (χ0) is 7.40. The van der Waals surface area contributed by atoms with Crippen LogP contribution < -0.4 is 0 Å². The summed E-state index contributed by atoms with van der Waals surface area (Å²) in [5.41, 5.74) is 1.32. The van der Waals surface area contributed by atoms with Crippen LogP contribution in [0, 0.1) is 12.8 Å². The number of aromatic nitrogens is 1. The Morgan fingerprint density at radius 3 is 2.60 bits per heavy atom. The van der Waals surface area contributed by atoms with E-state index in [9.17, 15) is 0 Å². The second-order valence-corrected chi connectivity index (χ2v) is 2.66. The Morgan fingerprint density at radius 2 is 2.10 bits per heavy atom. The molecule has 0 bridgehead atoms. The van der Waals surface area contributed by atoms with Crippen LogP contribution in [0.15, 0.2) is 24.5 Å². The van der Waals surface area contributed by atoms with E-state index in [0.29, 0.717) is 5.92 Å². The average molecular weight is 134 g/mol. The molecule has 0 saturated carbocycles. The fraction of sp³-hybridized carbons (Fsp3) is 0.333. The minimum absolute atomic E-state index is 0.488. The zero-order valence-corrected chi connectivity index (χ0v) is 6.25. The quantitative estimate of drug-likeness (QED) is 0.603. The summed E-state index contributed by atoms with van der Waals surface area (Å²) in [4.78, 5) is 3.93. The third kappa shape index (κ3) is 2.18. The molecule has 0 aromatic carbocycles. The molecule has 1 heteroatoms. The van der Waals surface area contributed by atoms with E-state index in [1.54, 1.807) is 0 Å². The van der Waals surface area contributed by atoms with Crippen molar-refractivity contribution in [3.8, 4) is 0 Å². The number of hydrogen-bond donors (Lipinski definition) is 0. The first-order valence-electron chi connectivity index (χ1n) is 3.51. The number of pyridine rings is 1. The predicted octanol–water partition coefficient (Wildman–Crippen LogP) is 2.09. The summed E-state index contributed by atoms with van der Waals surface area (Å²) >= 11 is 0. The predicted molar refractivity (Wildman–Crippen MR) is 42.5 cm³/mol. The van der Waals surface area contributed by atoms with Gasteiger partial charge in [0.15, 0.2) is 0 Å². The molecule has 1 aromatic rings. The molecule has 1 unspecified atom stereocenters. The van der Waals surface area contributed by atoms with E-state index in [1.165, 1.54) is 5.56 Å². The molecule has 0 N–H and O–H groups in total. The topological polar surface area (TPSA) is 12.9 Å². The monoisotopic (exact) mass is 134 g/mol. The lowest BCUT2D eigenvalue weighted by Crippen LogP contribution is -1.93. The molecule has 0 aliphatic heterocycles. The lowest BCUT2D eigenvalue weighted by Gasteiger charge is -2.02. The maximum Gasteiger partial charge on any atom is 0.0270 e. The minimum Gasteiger partial charge on any atom is -0.265 e. The Bertz CT molecular complexity index is 179. The second kappa shape index (κ2) is 3.35. The smallest absolute Gasteiger partial charge is 0.0270 e. The van der Waals surface area contributed by atoms with E-state index >= 15 is 0 Å². The highest BCUT2D eigenvalue weighted by Crippen LogP contribution is 2.04. The van der Waals surface area contributed by atoms with Crippen molar-refractivity contribution in [2.45, 2.75) is 13.3 Å². The van der Waals surface area contributed by atoms with Gasteiger partial charge in [-0.2, -0.15) is 0 Å². The summed E-state index contributed by atoms with van der Waals surface area (Å²) in [5.74, 6) is 0.488. The van der Waals surface area contributed by atoms with Gasteiger partial charge in [-0.15, -0.1) is 0 Å². The largest absolute Gasteiger partial charge is 0.265 e. The summed E-state index contributed by atoms with van der Waals surface area (Å²) in [7, 11) is 0. The SMILES string of the molecule is [CH2]C(C)Cc1ccncc1. The van der Waals surface area contributed by atoms with Crippen LogP contribution in [0.3, 0.4) is 0 Å². The number of nitrogens with zero attached hydrogens (tertiary/aromatic N) is 1. The van der Waals surface area contributed by atoms with Crippen LogP contribution >= 0.6 is 0 Å². The average Bonchev–Trinajstić information content (AvgIpc) is 1.88. The molecule has 1 aromatic heterocycles. The van der Waals surface area contributed by atoms with Crippen LogP contribution in [-0.4, -0.2) is 4.98 Å². The van der Waals surface area contributed by atoms with Crippen LogP contribution in [0.1, 0.15) is 12.5 Å². The summed E-state index contributed by atoms with van der Waals surface area (Å²) in [6.45, 7) is 6.02. The van der Waals surface area contributed by atoms with Crippen LogP contribution in [0.2, 0.25) is 0 Å². The lowest BCUT2D eigenvalue weighted by atomic mass is 10.0. The normalized spacial score (nSPS) is 10.3. The van der Waals surface area contributed by atoms with E-state index in [1.807, 2.05) is 24.5 Å². The van der Waals surface area contributed by atoms with Gasteiger partial charge in [0, 0.05) is 12.4 Å². The Morgan fingerprint density at radius 1 is 1.50 bits per heavy atom. The minimum atomic E-state index is 0.488. The van der Waals surface area contributed by atoms with Crippen molar-refractivity contribution in [2.24, 2.45) is 5.92 Å². The molecule has 1 nitrogen and oxygen atoms in total. The van der Waals surface area contributed by atoms with Gasteiger partial charge in [-0.1, -0.05) is 13.8 Å². The summed E-state index contributed by atoms with van der Waals surface area (Å²) in [6, 6.07) is 4.06. The van der Waals surface area contributed by atoms with Crippen molar-refractivity contribution in [3.05, 3.63) is 37.0 Å². The summed E-state index contributed by atoms with van der Waals surface area (Å²) in [5, 5.41) is 0. The highest BCUT2D eigenvalue weighted by atomic mass is 14.6.